The third-order valence-corrected chi connectivity index (χ3v) is 6.08. The van der Waals surface area contributed by atoms with Crippen molar-refractivity contribution in [1.82, 2.24) is 0 Å². The summed E-state index contributed by atoms with van der Waals surface area (Å²) in [6.07, 6.45) is -8.95. The first kappa shape index (κ1) is 27.8. The topological polar surface area (TPSA) is 175 Å². The van der Waals surface area contributed by atoms with Gasteiger partial charge in [0.15, 0.2) is 18.7 Å². The van der Waals surface area contributed by atoms with Crippen LogP contribution in [0.1, 0.15) is 40.5 Å². The summed E-state index contributed by atoms with van der Waals surface area (Å²) in [4.78, 5) is 12.4. The summed E-state index contributed by atoms with van der Waals surface area (Å²) >= 11 is 0. The van der Waals surface area contributed by atoms with Crippen molar-refractivity contribution in [3.05, 3.63) is 24.3 Å². The number of ether oxygens (including phenoxy) is 4. The molecule has 11 atom stereocenters. The standard InChI is InChI=1S/C22H36O11/c1-6-22(5,33-21-17(27)14(24)13(23)11(3)31-21)9-7-8-10(2)19(28)32-18-12(4)30-20(29)16(26)15(18)25/h6,8,11-18,20-21,23-27,29H,1,7,9H2,2-5H3/b10-8+/t11-,12-,13-,14+,15-,16-,17-,18-,20-,21+,22-/m1/s1. The lowest BCUT2D eigenvalue weighted by molar-refractivity contribution is -0.313. The average Bonchev–Trinajstić information content (AvgIpc) is 2.77. The van der Waals surface area contributed by atoms with Crippen molar-refractivity contribution < 1.29 is 54.4 Å². The summed E-state index contributed by atoms with van der Waals surface area (Å²) < 4.78 is 21.6. The number of carbonyl (C=O) groups excluding carboxylic acids is 1. The Hall–Kier alpha value is -1.41. The highest BCUT2D eigenvalue weighted by atomic mass is 16.7. The van der Waals surface area contributed by atoms with E-state index in [9.17, 15) is 35.4 Å². The van der Waals surface area contributed by atoms with E-state index < -0.39 is 73.0 Å². The molecule has 33 heavy (non-hydrogen) atoms. The molecule has 0 bridgehead atoms. The molecule has 2 aliphatic heterocycles. The van der Waals surface area contributed by atoms with E-state index in [0.29, 0.717) is 12.8 Å². The van der Waals surface area contributed by atoms with Crippen molar-refractivity contribution in [2.45, 2.75) is 108 Å². The van der Waals surface area contributed by atoms with Crippen LogP contribution in [0.3, 0.4) is 0 Å². The number of esters is 1. The van der Waals surface area contributed by atoms with Gasteiger partial charge in [-0.25, -0.2) is 4.79 Å². The molecule has 190 valence electrons. The Morgan fingerprint density at radius 1 is 0.970 bits per heavy atom. The normalized spacial score (nSPS) is 41.8. The number of carbonyl (C=O) groups is 1. The lowest BCUT2D eigenvalue weighted by Gasteiger charge is -2.42. The van der Waals surface area contributed by atoms with Crippen LogP contribution >= 0.6 is 0 Å². The van der Waals surface area contributed by atoms with Crippen LogP contribution in [0.4, 0.5) is 0 Å². The summed E-state index contributed by atoms with van der Waals surface area (Å²) in [6, 6.07) is 0. The molecule has 2 rings (SSSR count). The number of allylic oxidation sites excluding steroid dienone is 1. The van der Waals surface area contributed by atoms with E-state index in [0.717, 1.165) is 0 Å². The van der Waals surface area contributed by atoms with Crippen LogP contribution in [0.2, 0.25) is 0 Å². The molecule has 0 aromatic carbocycles. The molecule has 0 saturated carbocycles. The number of hydrogen-bond donors (Lipinski definition) is 6. The van der Waals surface area contributed by atoms with Gasteiger partial charge in [-0.15, -0.1) is 6.58 Å². The molecule has 0 aliphatic carbocycles. The Balaban J connectivity index is 1.94. The van der Waals surface area contributed by atoms with Crippen LogP contribution in [-0.2, 0) is 23.7 Å². The van der Waals surface area contributed by atoms with Gasteiger partial charge < -0.3 is 49.6 Å². The molecule has 2 fully saturated rings. The first-order chi connectivity index (χ1) is 15.3. The van der Waals surface area contributed by atoms with Gasteiger partial charge in [-0.3, -0.25) is 0 Å². The van der Waals surface area contributed by atoms with E-state index in [1.165, 1.54) is 19.9 Å². The second kappa shape index (κ2) is 11.3. The third kappa shape index (κ3) is 6.59. The largest absolute Gasteiger partial charge is 0.453 e. The van der Waals surface area contributed by atoms with Gasteiger partial charge in [0.05, 0.1) is 17.8 Å². The molecule has 11 nitrogen and oxygen atoms in total. The number of aliphatic hydroxyl groups excluding tert-OH is 6. The molecule has 11 heteroatoms. The second-order valence-electron chi connectivity index (χ2n) is 8.82. The monoisotopic (exact) mass is 476 g/mol. The van der Waals surface area contributed by atoms with E-state index in [-0.39, 0.29) is 5.57 Å². The zero-order valence-corrected chi connectivity index (χ0v) is 19.3. The van der Waals surface area contributed by atoms with E-state index in [1.54, 1.807) is 19.9 Å². The molecule has 0 amide bonds. The molecule has 2 heterocycles. The van der Waals surface area contributed by atoms with Crippen molar-refractivity contribution in [2.24, 2.45) is 0 Å². The van der Waals surface area contributed by atoms with Crippen molar-refractivity contribution >= 4 is 5.97 Å². The number of aliphatic hydroxyl groups is 6. The maximum Gasteiger partial charge on any atom is 0.333 e. The van der Waals surface area contributed by atoms with Gasteiger partial charge in [0.1, 0.15) is 30.5 Å². The quantitative estimate of drug-likeness (QED) is 0.142. The third-order valence-electron chi connectivity index (χ3n) is 6.08. The van der Waals surface area contributed by atoms with E-state index in [4.69, 9.17) is 18.9 Å². The fourth-order valence-electron chi connectivity index (χ4n) is 3.64. The van der Waals surface area contributed by atoms with Gasteiger partial charge in [0, 0.05) is 5.57 Å². The zero-order chi connectivity index (χ0) is 25.1. The SMILES string of the molecule is C=C[C@](C)(CC/C=C(\C)C(=O)O[C@H]1[C@H](O)[C@@H](O)[C@H](O)O[C@@H]1C)O[C@@H]1O[C@H](C)[C@@H](O)[C@H](O)[C@H]1O. The number of hydrogen-bond acceptors (Lipinski definition) is 11. The summed E-state index contributed by atoms with van der Waals surface area (Å²) in [6.45, 7) is 10.0. The van der Waals surface area contributed by atoms with Gasteiger partial charge in [0.2, 0.25) is 0 Å². The van der Waals surface area contributed by atoms with Crippen LogP contribution < -0.4 is 0 Å². The molecule has 2 saturated heterocycles. The summed E-state index contributed by atoms with van der Waals surface area (Å²) in [5, 5.41) is 59.3. The minimum Gasteiger partial charge on any atom is -0.453 e. The molecule has 0 aromatic heterocycles. The van der Waals surface area contributed by atoms with Gasteiger partial charge >= 0.3 is 5.97 Å². The van der Waals surface area contributed by atoms with Gasteiger partial charge in [-0.2, -0.15) is 0 Å². The van der Waals surface area contributed by atoms with Gasteiger partial charge in [0.25, 0.3) is 0 Å². The maximum absolute atomic E-state index is 12.4. The Morgan fingerprint density at radius 2 is 1.61 bits per heavy atom. The van der Waals surface area contributed by atoms with Crippen LogP contribution in [0.25, 0.3) is 0 Å². The minimum absolute atomic E-state index is 0.238. The Kier molecular flexibility index (Phi) is 9.57. The highest BCUT2D eigenvalue weighted by molar-refractivity contribution is 5.87. The molecule has 0 spiro atoms. The Morgan fingerprint density at radius 3 is 2.21 bits per heavy atom. The lowest BCUT2D eigenvalue weighted by Crippen LogP contribution is -2.58. The first-order valence-electron chi connectivity index (χ1n) is 10.9. The molecule has 6 N–H and O–H groups in total. The van der Waals surface area contributed by atoms with Crippen LogP contribution in [0.5, 0.6) is 0 Å². The Labute approximate surface area is 192 Å². The summed E-state index contributed by atoms with van der Waals surface area (Å²) in [7, 11) is 0. The van der Waals surface area contributed by atoms with Gasteiger partial charge in [-0.05, 0) is 40.5 Å². The average molecular weight is 477 g/mol. The van der Waals surface area contributed by atoms with Crippen molar-refractivity contribution in [3.8, 4) is 0 Å². The fraction of sp³-hybridized carbons (Fsp3) is 0.773. The molecule has 2 aliphatic rings. The van der Waals surface area contributed by atoms with Crippen LogP contribution in [-0.4, -0.2) is 104 Å². The molecule has 0 radical (unpaired) electrons. The number of rotatable bonds is 8. The van der Waals surface area contributed by atoms with E-state index in [2.05, 4.69) is 6.58 Å². The van der Waals surface area contributed by atoms with Crippen molar-refractivity contribution in [1.29, 1.82) is 0 Å². The molecular formula is C22H36O11. The predicted molar refractivity (Wildman–Crippen MR) is 113 cm³/mol. The second-order valence-corrected chi connectivity index (χ2v) is 8.82. The van der Waals surface area contributed by atoms with Crippen molar-refractivity contribution in [3.63, 3.8) is 0 Å². The van der Waals surface area contributed by atoms with Gasteiger partial charge in [-0.1, -0.05) is 12.2 Å². The van der Waals surface area contributed by atoms with Crippen molar-refractivity contribution in [2.75, 3.05) is 0 Å². The van der Waals surface area contributed by atoms with E-state index >= 15 is 0 Å². The van der Waals surface area contributed by atoms with E-state index in [1.807, 2.05) is 0 Å². The zero-order valence-electron chi connectivity index (χ0n) is 19.3. The Bertz CT molecular complexity index is 712. The maximum atomic E-state index is 12.4. The van der Waals surface area contributed by atoms with Crippen LogP contribution in [0.15, 0.2) is 24.3 Å². The smallest absolute Gasteiger partial charge is 0.333 e. The predicted octanol–water partition coefficient (Wildman–Crippen LogP) is -1.13. The summed E-state index contributed by atoms with van der Waals surface area (Å²) in [5.41, 5.74) is -0.751. The fourth-order valence-corrected chi connectivity index (χ4v) is 3.64. The lowest BCUT2D eigenvalue weighted by atomic mass is 9.97. The highest BCUT2D eigenvalue weighted by Crippen LogP contribution is 2.29. The summed E-state index contributed by atoms with van der Waals surface area (Å²) in [5.74, 6) is -0.726. The molecular weight excluding hydrogens is 440 g/mol. The first-order valence-corrected chi connectivity index (χ1v) is 10.9. The molecule has 0 aromatic rings. The highest BCUT2D eigenvalue weighted by Gasteiger charge is 2.45. The minimum atomic E-state index is -1.60. The molecule has 0 unspecified atom stereocenters. The van der Waals surface area contributed by atoms with Crippen LogP contribution in [0, 0.1) is 0 Å².